The molecule has 1 amide bonds. The third kappa shape index (κ3) is 5.78. The first kappa shape index (κ1) is 21.9. The number of benzene rings is 2. The van der Waals surface area contributed by atoms with Crippen molar-refractivity contribution in [1.82, 2.24) is 0 Å². The Kier molecular flexibility index (Phi) is 7.54. The number of esters is 1. The van der Waals surface area contributed by atoms with E-state index < -0.39 is 18.3 Å². The molecule has 0 atom stereocenters. The van der Waals surface area contributed by atoms with E-state index in [1.807, 2.05) is 13.8 Å². The topological polar surface area (TPSA) is 84.9 Å². The van der Waals surface area contributed by atoms with E-state index in [2.05, 4.69) is 5.32 Å². The van der Waals surface area contributed by atoms with E-state index in [4.69, 9.17) is 32.7 Å². The molecule has 0 bridgehead atoms. The van der Waals surface area contributed by atoms with E-state index in [9.17, 15) is 14.7 Å². The van der Waals surface area contributed by atoms with Crippen LogP contribution in [-0.4, -0.2) is 23.6 Å². The molecule has 0 fully saturated rings. The van der Waals surface area contributed by atoms with Gasteiger partial charge in [0.05, 0.1) is 16.7 Å². The van der Waals surface area contributed by atoms with Crippen molar-refractivity contribution >= 4 is 40.8 Å². The van der Waals surface area contributed by atoms with Gasteiger partial charge in [0.1, 0.15) is 17.9 Å². The fraction of sp³-hybridized carbons (Fsp3) is 0.300. The van der Waals surface area contributed by atoms with Gasteiger partial charge in [-0.1, -0.05) is 37.0 Å². The molecule has 0 heterocycles. The third-order valence-electron chi connectivity index (χ3n) is 3.73. The van der Waals surface area contributed by atoms with E-state index in [1.165, 1.54) is 18.2 Å². The summed E-state index contributed by atoms with van der Waals surface area (Å²) in [4.78, 5) is 23.2. The minimum Gasteiger partial charge on any atom is -0.508 e. The molecule has 6 nitrogen and oxygen atoms in total. The van der Waals surface area contributed by atoms with Gasteiger partial charge in [-0.15, -0.1) is 0 Å². The van der Waals surface area contributed by atoms with Crippen molar-refractivity contribution in [2.75, 3.05) is 11.9 Å². The number of halogens is 2. The number of carbonyl (C=O) groups excluding carboxylic acids is 2. The first-order valence-corrected chi connectivity index (χ1v) is 9.42. The Labute approximate surface area is 173 Å². The van der Waals surface area contributed by atoms with Crippen LogP contribution < -0.4 is 10.1 Å². The minimum absolute atomic E-state index is 0.103. The van der Waals surface area contributed by atoms with Crippen LogP contribution in [0, 0.1) is 0 Å². The highest BCUT2D eigenvalue weighted by atomic mass is 35.5. The van der Waals surface area contributed by atoms with Crippen molar-refractivity contribution in [2.24, 2.45) is 0 Å². The first-order chi connectivity index (χ1) is 13.2. The summed E-state index contributed by atoms with van der Waals surface area (Å²) >= 11 is 12.5. The molecule has 0 unspecified atom stereocenters. The van der Waals surface area contributed by atoms with Crippen LogP contribution >= 0.6 is 23.2 Å². The summed E-state index contributed by atoms with van der Waals surface area (Å²) in [6, 6.07) is 7.78. The molecule has 0 saturated heterocycles. The molecule has 0 aliphatic carbocycles. The number of carbonyl (C=O) groups is 2. The van der Waals surface area contributed by atoms with Crippen molar-refractivity contribution in [2.45, 2.75) is 33.1 Å². The van der Waals surface area contributed by atoms with E-state index in [-0.39, 0.29) is 34.1 Å². The molecule has 2 N–H and O–H groups in total. The average Bonchev–Trinajstić information content (AvgIpc) is 2.59. The molecule has 2 rings (SSSR count). The molecule has 2 aromatic rings. The van der Waals surface area contributed by atoms with Gasteiger partial charge in [0.2, 0.25) is 5.91 Å². The SMILES string of the molecule is CCOC(=O)CC(=O)Nc1cc(Cl)c(Oc2ccc(O)c(C(C)C)c2)c(Cl)c1. The molecule has 8 heteroatoms. The van der Waals surface area contributed by atoms with Crippen LogP contribution in [0.4, 0.5) is 5.69 Å². The summed E-state index contributed by atoms with van der Waals surface area (Å²) in [6.07, 6.45) is -0.410. The van der Waals surface area contributed by atoms with Crippen molar-refractivity contribution in [3.8, 4) is 17.2 Å². The maximum absolute atomic E-state index is 11.9. The Morgan fingerprint density at radius 2 is 1.79 bits per heavy atom. The van der Waals surface area contributed by atoms with Crippen molar-refractivity contribution in [1.29, 1.82) is 0 Å². The Hall–Kier alpha value is -2.44. The smallest absolute Gasteiger partial charge is 0.315 e. The maximum atomic E-state index is 11.9. The lowest BCUT2D eigenvalue weighted by Gasteiger charge is -2.14. The van der Waals surface area contributed by atoms with Crippen LogP contribution in [0.25, 0.3) is 0 Å². The number of aromatic hydroxyl groups is 1. The first-order valence-electron chi connectivity index (χ1n) is 8.66. The summed E-state index contributed by atoms with van der Waals surface area (Å²) in [5.74, 6) is -0.202. The molecule has 0 saturated carbocycles. The third-order valence-corrected chi connectivity index (χ3v) is 4.29. The predicted molar refractivity (Wildman–Crippen MR) is 109 cm³/mol. The highest BCUT2D eigenvalue weighted by Gasteiger charge is 2.16. The zero-order chi connectivity index (χ0) is 20.8. The van der Waals surface area contributed by atoms with E-state index in [1.54, 1.807) is 19.1 Å². The normalized spacial score (nSPS) is 10.6. The Balaban J connectivity index is 2.17. The number of hydrogen-bond donors (Lipinski definition) is 2. The molecular formula is C20H21Cl2NO5. The molecule has 2 aromatic carbocycles. The van der Waals surface area contributed by atoms with E-state index >= 15 is 0 Å². The minimum atomic E-state index is -0.620. The summed E-state index contributed by atoms with van der Waals surface area (Å²) < 4.78 is 10.5. The molecular weight excluding hydrogens is 405 g/mol. The van der Waals surface area contributed by atoms with Crippen LogP contribution in [0.5, 0.6) is 17.2 Å². The number of hydrogen-bond acceptors (Lipinski definition) is 5. The number of ether oxygens (including phenoxy) is 2. The second kappa shape index (κ2) is 9.66. The van der Waals surface area contributed by atoms with Crippen LogP contribution in [-0.2, 0) is 14.3 Å². The van der Waals surface area contributed by atoms with Gasteiger partial charge in [-0.3, -0.25) is 9.59 Å². The molecule has 0 aliphatic rings. The summed E-state index contributed by atoms with van der Waals surface area (Å²) in [7, 11) is 0. The zero-order valence-electron chi connectivity index (χ0n) is 15.7. The van der Waals surface area contributed by atoms with Gasteiger partial charge in [-0.2, -0.15) is 0 Å². The summed E-state index contributed by atoms with van der Waals surface area (Å²) in [5, 5.41) is 12.8. The average molecular weight is 426 g/mol. The quantitative estimate of drug-likeness (QED) is 0.451. The Morgan fingerprint density at radius 3 is 2.36 bits per heavy atom. The number of phenols is 1. The van der Waals surface area contributed by atoms with E-state index in [0.717, 1.165) is 5.56 Å². The highest BCUT2D eigenvalue weighted by molar-refractivity contribution is 6.37. The zero-order valence-corrected chi connectivity index (χ0v) is 17.2. The molecule has 28 heavy (non-hydrogen) atoms. The largest absolute Gasteiger partial charge is 0.508 e. The Morgan fingerprint density at radius 1 is 1.14 bits per heavy atom. The molecule has 0 aromatic heterocycles. The summed E-state index contributed by atoms with van der Waals surface area (Å²) in [6.45, 7) is 5.76. The van der Waals surface area contributed by atoms with Gasteiger partial charge in [-0.05, 0) is 43.2 Å². The van der Waals surface area contributed by atoms with Crippen molar-refractivity contribution in [3.63, 3.8) is 0 Å². The van der Waals surface area contributed by atoms with Crippen molar-refractivity contribution < 1.29 is 24.2 Å². The number of anilines is 1. The maximum Gasteiger partial charge on any atom is 0.315 e. The van der Waals surface area contributed by atoms with Crippen LogP contribution in [0.15, 0.2) is 30.3 Å². The van der Waals surface area contributed by atoms with Gasteiger partial charge < -0.3 is 19.9 Å². The lowest BCUT2D eigenvalue weighted by atomic mass is 10.0. The van der Waals surface area contributed by atoms with Crippen LogP contribution in [0.1, 0.15) is 38.7 Å². The molecule has 0 radical (unpaired) electrons. The van der Waals surface area contributed by atoms with Crippen LogP contribution in [0.2, 0.25) is 10.0 Å². The molecule has 150 valence electrons. The molecule has 0 spiro atoms. The Bertz CT molecular complexity index is 860. The van der Waals surface area contributed by atoms with Crippen LogP contribution in [0.3, 0.4) is 0 Å². The van der Waals surface area contributed by atoms with E-state index in [0.29, 0.717) is 11.4 Å². The monoisotopic (exact) mass is 425 g/mol. The van der Waals surface area contributed by atoms with Gasteiger partial charge >= 0.3 is 5.97 Å². The fourth-order valence-corrected chi connectivity index (χ4v) is 3.02. The molecule has 0 aliphatic heterocycles. The predicted octanol–water partition coefficient (Wildman–Crippen LogP) is 5.51. The highest BCUT2D eigenvalue weighted by Crippen LogP contribution is 2.40. The number of amides is 1. The lowest BCUT2D eigenvalue weighted by molar-refractivity contribution is -0.145. The fourth-order valence-electron chi connectivity index (χ4n) is 2.45. The second-order valence-electron chi connectivity index (χ2n) is 6.28. The number of nitrogens with one attached hydrogen (secondary N) is 1. The van der Waals surface area contributed by atoms with Gasteiger partial charge in [0.25, 0.3) is 0 Å². The van der Waals surface area contributed by atoms with Gasteiger partial charge in [0, 0.05) is 11.3 Å². The second-order valence-corrected chi connectivity index (χ2v) is 7.09. The summed E-state index contributed by atoms with van der Waals surface area (Å²) in [5.41, 5.74) is 1.05. The number of phenolic OH excluding ortho intramolecular Hbond substituents is 1. The van der Waals surface area contributed by atoms with Gasteiger partial charge in [0.15, 0.2) is 5.75 Å². The lowest BCUT2D eigenvalue weighted by Crippen LogP contribution is -2.18. The number of rotatable bonds is 7. The van der Waals surface area contributed by atoms with Crippen molar-refractivity contribution in [3.05, 3.63) is 45.9 Å². The van der Waals surface area contributed by atoms with Gasteiger partial charge in [-0.25, -0.2) is 0 Å². The standard InChI is InChI=1S/C20H21Cl2NO5/c1-4-27-19(26)10-18(25)23-12-7-15(21)20(16(22)8-12)28-13-5-6-17(24)14(9-13)11(2)3/h5-9,11,24H,4,10H2,1-3H3,(H,23,25).